The van der Waals surface area contributed by atoms with Gasteiger partial charge in [0.05, 0.1) is 11.5 Å². The number of hydrogen-bond donors (Lipinski definition) is 2. The molecule has 2 aliphatic rings. The third kappa shape index (κ3) is 4.63. The first-order valence-corrected chi connectivity index (χ1v) is 9.67. The molecule has 25 heavy (non-hydrogen) atoms. The van der Waals surface area contributed by atoms with Crippen molar-refractivity contribution in [3.8, 4) is 5.75 Å². The highest BCUT2D eigenvalue weighted by Gasteiger charge is 2.31. The Morgan fingerprint density at radius 1 is 1.44 bits per heavy atom. The van der Waals surface area contributed by atoms with Crippen LogP contribution in [0, 0.1) is 0 Å². The number of esters is 1. The average Bonchev–Trinajstić information content (AvgIpc) is 3.21. The zero-order chi connectivity index (χ0) is 17.2. The van der Waals surface area contributed by atoms with Crippen molar-refractivity contribution in [2.45, 2.75) is 43.2 Å². The quantitative estimate of drug-likeness (QED) is 0.704. The van der Waals surface area contributed by atoms with E-state index in [-0.39, 0.29) is 30.0 Å². The second-order valence-electron chi connectivity index (χ2n) is 5.98. The van der Waals surface area contributed by atoms with E-state index in [1.807, 2.05) is 0 Å². The first-order valence-electron chi connectivity index (χ1n) is 8.19. The van der Waals surface area contributed by atoms with Crippen LogP contribution in [0.15, 0.2) is 23.1 Å². The monoisotopic (exact) mass is 390 g/mol. The maximum atomic E-state index is 12.4. The van der Waals surface area contributed by atoms with E-state index in [2.05, 4.69) is 10.0 Å². The number of carbonyl (C=O) groups excluding carboxylic acids is 1. The number of halogens is 1. The van der Waals surface area contributed by atoms with Gasteiger partial charge >= 0.3 is 5.97 Å². The third-order valence-corrected chi connectivity index (χ3v) is 5.67. The molecule has 9 heteroatoms. The van der Waals surface area contributed by atoms with Crippen LogP contribution in [0.5, 0.6) is 5.75 Å². The minimum Gasteiger partial charge on any atom is -0.478 e. The summed E-state index contributed by atoms with van der Waals surface area (Å²) in [4.78, 5) is 11.9. The van der Waals surface area contributed by atoms with E-state index in [9.17, 15) is 13.2 Å². The van der Waals surface area contributed by atoms with Gasteiger partial charge in [0.25, 0.3) is 0 Å². The highest BCUT2D eigenvalue weighted by molar-refractivity contribution is 7.89. The van der Waals surface area contributed by atoms with Gasteiger partial charge in [0.15, 0.2) is 6.10 Å². The number of sulfonamides is 1. The first-order chi connectivity index (χ1) is 11.5. The Kier molecular flexibility index (Phi) is 6.67. The lowest BCUT2D eigenvalue weighted by molar-refractivity contribution is -0.150. The molecule has 2 atom stereocenters. The molecule has 1 fully saturated rings. The number of benzene rings is 1. The molecule has 0 saturated carbocycles. The lowest BCUT2D eigenvalue weighted by Crippen LogP contribution is -2.37. The molecule has 0 spiro atoms. The van der Waals surface area contributed by atoms with E-state index in [0.717, 1.165) is 19.4 Å². The van der Waals surface area contributed by atoms with Crippen molar-refractivity contribution in [2.24, 2.45) is 0 Å². The fourth-order valence-electron chi connectivity index (χ4n) is 2.98. The molecular formula is C16H23ClN2O5S. The van der Waals surface area contributed by atoms with Crippen molar-refractivity contribution in [3.63, 3.8) is 0 Å². The number of ether oxygens (including phenoxy) is 2. The summed E-state index contributed by atoms with van der Waals surface area (Å²) >= 11 is 0. The molecule has 0 radical (unpaired) electrons. The van der Waals surface area contributed by atoms with E-state index >= 15 is 0 Å². The van der Waals surface area contributed by atoms with Gasteiger partial charge in [0.2, 0.25) is 10.0 Å². The first kappa shape index (κ1) is 20.0. The standard InChI is InChI=1S/C16H22N2O5S.ClH/c1-2-22-16(19)15-9-11-8-13(5-6-14(11)23-15)24(20,21)18-10-12-4-3-7-17-12;/h5-6,8,12,15,17-18H,2-4,7,9-10H2,1H3;1H. The van der Waals surface area contributed by atoms with Crippen molar-refractivity contribution in [3.05, 3.63) is 23.8 Å². The number of fused-ring (bicyclic) bond motifs is 1. The molecule has 0 aromatic heterocycles. The molecule has 0 aliphatic carbocycles. The zero-order valence-electron chi connectivity index (χ0n) is 14.0. The molecule has 140 valence electrons. The van der Waals surface area contributed by atoms with Gasteiger partial charge in [-0.25, -0.2) is 17.9 Å². The Morgan fingerprint density at radius 2 is 2.24 bits per heavy atom. The van der Waals surface area contributed by atoms with Crippen LogP contribution >= 0.6 is 12.4 Å². The van der Waals surface area contributed by atoms with Crippen molar-refractivity contribution < 1.29 is 22.7 Å². The molecule has 2 N–H and O–H groups in total. The number of carbonyl (C=O) groups is 1. The maximum absolute atomic E-state index is 12.4. The molecule has 3 rings (SSSR count). The minimum atomic E-state index is -3.58. The van der Waals surface area contributed by atoms with Crippen LogP contribution in [0.3, 0.4) is 0 Å². The van der Waals surface area contributed by atoms with Crippen LogP contribution in [0.25, 0.3) is 0 Å². The summed E-state index contributed by atoms with van der Waals surface area (Å²) in [6, 6.07) is 4.85. The summed E-state index contributed by atoms with van der Waals surface area (Å²) < 4.78 is 38.0. The molecule has 7 nitrogen and oxygen atoms in total. The highest BCUT2D eigenvalue weighted by Crippen LogP contribution is 2.31. The van der Waals surface area contributed by atoms with Gasteiger partial charge in [-0.15, -0.1) is 12.4 Å². The smallest absolute Gasteiger partial charge is 0.347 e. The minimum absolute atomic E-state index is 0. The van der Waals surface area contributed by atoms with Crippen LogP contribution in [-0.2, 0) is 26.0 Å². The third-order valence-electron chi connectivity index (χ3n) is 4.25. The van der Waals surface area contributed by atoms with E-state index < -0.39 is 22.1 Å². The predicted octanol–water partition coefficient (Wildman–Crippen LogP) is 1.01. The fourth-order valence-corrected chi connectivity index (χ4v) is 4.12. The van der Waals surface area contributed by atoms with Gasteiger partial charge < -0.3 is 14.8 Å². The van der Waals surface area contributed by atoms with E-state index in [1.165, 1.54) is 6.07 Å². The summed E-state index contributed by atoms with van der Waals surface area (Å²) in [5, 5.41) is 3.25. The molecule has 2 unspecified atom stereocenters. The highest BCUT2D eigenvalue weighted by atomic mass is 35.5. The normalized spacial score (nSPS) is 22.0. The van der Waals surface area contributed by atoms with Gasteiger partial charge in [-0.1, -0.05) is 0 Å². The van der Waals surface area contributed by atoms with Crippen LogP contribution in [0.1, 0.15) is 25.3 Å². The fraction of sp³-hybridized carbons (Fsp3) is 0.562. The maximum Gasteiger partial charge on any atom is 0.347 e. The van der Waals surface area contributed by atoms with Crippen LogP contribution < -0.4 is 14.8 Å². The summed E-state index contributed by atoms with van der Waals surface area (Å²) in [6.07, 6.45) is 1.66. The molecule has 2 aliphatic heterocycles. The van der Waals surface area contributed by atoms with Gasteiger partial charge in [0, 0.05) is 19.0 Å². The van der Waals surface area contributed by atoms with E-state index in [4.69, 9.17) is 9.47 Å². The molecule has 2 heterocycles. The lowest BCUT2D eigenvalue weighted by Gasteiger charge is -2.12. The second kappa shape index (κ2) is 8.35. The van der Waals surface area contributed by atoms with Crippen LogP contribution in [-0.4, -0.2) is 46.2 Å². The molecule has 0 amide bonds. The Balaban J connectivity index is 0.00000225. The Labute approximate surface area is 153 Å². The SMILES string of the molecule is CCOC(=O)C1Cc2cc(S(=O)(=O)NCC3CCCN3)ccc2O1.Cl. The second-order valence-corrected chi connectivity index (χ2v) is 7.74. The number of nitrogens with one attached hydrogen (secondary N) is 2. The van der Waals surface area contributed by atoms with Crippen molar-refractivity contribution in [2.75, 3.05) is 19.7 Å². The van der Waals surface area contributed by atoms with Crippen LogP contribution in [0.2, 0.25) is 0 Å². The summed E-state index contributed by atoms with van der Waals surface area (Å²) in [6.45, 7) is 3.32. The van der Waals surface area contributed by atoms with Gasteiger partial charge in [-0.2, -0.15) is 0 Å². The van der Waals surface area contributed by atoms with Crippen LogP contribution in [0.4, 0.5) is 0 Å². The van der Waals surface area contributed by atoms with E-state index in [0.29, 0.717) is 24.3 Å². The molecule has 0 bridgehead atoms. The van der Waals surface area contributed by atoms with Gasteiger partial charge in [0.1, 0.15) is 5.75 Å². The molecular weight excluding hydrogens is 368 g/mol. The molecule has 1 aromatic rings. The Morgan fingerprint density at radius 3 is 2.92 bits per heavy atom. The Hall–Kier alpha value is -1.35. The topological polar surface area (TPSA) is 93.7 Å². The van der Waals surface area contributed by atoms with E-state index in [1.54, 1.807) is 19.1 Å². The Bertz CT molecular complexity index is 719. The average molecular weight is 391 g/mol. The van der Waals surface area contributed by atoms with Crippen molar-refractivity contribution in [1.82, 2.24) is 10.0 Å². The largest absolute Gasteiger partial charge is 0.478 e. The zero-order valence-corrected chi connectivity index (χ0v) is 15.6. The van der Waals surface area contributed by atoms with Crippen molar-refractivity contribution >= 4 is 28.4 Å². The predicted molar refractivity (Wildman–Crippen MR) is 94.7 cm³/mol. The van der Waals surface area contributed by atoms with Gasteiger partial charge in [-0.3, -0.25) is 0 Å². The van der Waals surface area contributed by atoms with Crippen molar-refractivity contribution in [1.29, 1.82) is 0 Å². The summed E-state index contributed by atoms with van der Waals surface area (Å²) in [5.74, 6) is 0.105. The summed E-state index contributed by atoms with van der Waals surface area (Å²) in [5.41, 5.74) is 0.704. The van der Waals surface area contributed by atoms with Gasteiger partial charge in [-0.05, 0) is 50.1 Å². The lowest BCUT2D eigenvalue weighted by atomic mass is 10.1. The molecule has 1 aromatic carbocycles. The molecule has 1 saturated heterocycles. The number of rotatable bonds is 6. The summed E-state index contributed by atoms with van der Waals surface area (Å²) in [7, 11) is -3.58. The number of hydrogen-bond acceptors (Lipinski definition) is 6.